The Morgan fingerprint density at radius 2 is 1.96 bits per heavy atom. The first-order valence-corrected chi connectivity index (χ1v) is 8.34. The molecule has 0 aliphatic rings. The van der Waals surface area contributed by atoms with Crippen LogP contribution in [0.5, 0.6) is 0 Å². The van der Waals surface area contributed by atoms with Gasteiger partial charge in [-0.2, -0.15) is 0 Å². The molecule has 0 saturated carbocycles. The Labute approximate surface area is 146 Å². The number of hydrogen-bond acceptors (Lipinski definition) is 4. The molecule has 0 atom stereocenters. The van der Waals surface area contributed by atoms with Crippen molar-refractivity contribution in [2.24, 2.45) is 0 Å². The number of thioether (sulfide) groups is 1. The Hall–Kier alpha value is -2.38. The van der Waals surface area contributed by atoms with Crippen molar-refractivity contribution < 1.29 is 9.18 Å². The van der Waals surface area contributed by atoms with Crippen molar-refractivity contribution in [1.82, 2.24) is 15.2 Å². The maximum Gasteiger partial charge on any atom is 0.234 e. The van der Waals surface area contributed by atoms with Crippen LogP contribution in [0, 0.1) is 5.82 Å². The summed E-state index contributed by atoms with van der Waals surface area (Å²) in [7, 11) is 0. The van der Waals surface area contributed by atoms with E-state index in [4.69, 9.17) is 11.6 Å². The van der Waals surface area contributed by atoms with Crippen molar-refractivity contribution in [2.75, 3.05) is 11.1 Å². The Morgan fingerprint density at radius 1 is 1.21 bits per heavy atom. The number of H-pyrrole nitrogens is 1. The highest BCUT2D eigenvalue weighted by Gasteiger charge is 2.11. The number of halogens is 2. The summed E-state index contributed by atoms with van der Waals surface area (Å²) >= 11 is 7.30. The normalized spacial score (nSPS) is 10.6. The van der Waals surface area contributed by atoms with E-state index in [1.54, 1.807) is 6.07 Å². The maximum atomic E-state index is 12.8. The summed E-state index contributed by atoms with van der Waals surface area (Å²) < 4.78 is 12.8. The Bertz CT molecular complexity index is 853. The second kappa shape index (κ2) is 7.46. The van der Waals surface area contributed by atoms with Gasteiger partial charge in [-0.1, -0.05) is 35.5 Å². The summed E-state index contributed by atoms with van der Waals surface area (Å²) in [6.07, 6.45) is 0. The molecule has 0 aliphatic carbocycles. The van der Waals surface area contributed by atoms with Crippen LogP contribution in [0.4, 0.5) is 10.1 Å². The zero-order valence-electron chi connectivity index (χ0n) is 12.3. The van der Waals surface area contributed by atoms with Gasteiger partial charge in [-0.05, 0) is 36.4 Å². The van der Waals surface area contributed by atoms with Crippen molar-refractivity contribution in [3.8, 4) is 11.4 Å². The highest BCUT2D eigenvalue weighted by atomic mass is 35.5. The number of nitrogens with zero attached hydrogens (tertiary/aromatic N) is 2. The molecule has 24 heavy (non-hydrogen) atoms. The minimum atomic E-state index is -0.352. The van der Waals surface area contributed by atoms with Gasteiger partial charge in [0.05, 0.1) is 10.8 Å². The minimum absolute atomic E-state index is 0.136. The highest BCUT2D eigenvalue weighted by Crippen LogP contribution is 2.26. The summed E-state index contributed by atoms with van der Waals surface area (Å²) in [5.74, 6) is 0.102. The van der Waals surface area contributed by atoms with Gasteiger partial charge in [-0.25, -0.2) is 9.37 Å². The summed E-state index contributed by atoms with van der Waals surface area (Å²) in [6, 6.07) is 12.9. The van der Waals surface area contributed by atoms with E-state index in [0.717, 1.165) is 5.56 Å². The third-order valence-corrected chi connectivity index (χ3v) is 4.23. The van der Waals surface area contributed by atoms with Crippen molar-refractivity contribution in [2.45, 2.75) is 5.16 Å². The number of aromatic nitrogens is 3. The van der Waals surface area contributed by atoms with Gasteiger partial charge in [0.15, 0.2) is 5.82 Å². The molecule has 3 aromatic rings. The van der Waals surface area contributed by atoms with Crippen molar-refractivity contribution in [3.05, 3.63) is 59.4 Å². The number of rotatable bonds is 5. The number of carbonyl (C=O) groups is 1. The Kier molecular flexibility index (Phi) is 5.12. The molecule has 0 spiro atoms. The van der Waals surface area contributed by atoms with Crippen molar-refractivity contribution >= 4 is 35.0 Å². The van der Waals surface area contributed by atoms with E-state index in [1.807, 2.05) is 18.2 Å². The Morgan fingerprint density at radius 3 is 2.71 bits per heavy atom. The molecule has 3 rings (SSSR count). The van der Waals surface area contributed by atoms with Crippen LogP contribution in [0.15, 0.2) is 53.7 Å². The minimum Gasteiger partial charge on any atom is -0.325 e. The van der Waals surface area contributed by atoms with Crippen LogP contribution in [-0.2, 0) is 4.79 Å². The standard InChI is InChI=1S/C16H12ClFN4OS/c17-13-4-2-1-3-12(13)15-20-16(22-21-15)24-9-14(23)19-11-7-5-10(18)6-8-11/h1-8H,9H2,(H,19,23)(H,20,21,22). The van der Waals surface area contributed by atoms with Gasteiger partial charge in [0, 0.05) is 11.3 Å². The predicted octanol–water partition coefficient (Wildman–Crippen LogP) is 4.00. The zero-order chi connectivity index (χ0) is 16.9. The summed E-state index contributed by atoms with van der Waals surface area (Å²) in [5.41, 5.74) is 1.28. The monoisotopic (exact) mass is 362 g/mol. The SMILES string of the molecule is O=C(CSc1n[nH]c(-c2ccccc2Cl)n1)Nc1ccc(F)cc1. The van der Waals surface area contributed by atoms with E-state index in [0.29, 0.717) is 21.7 Å². The van der Waals surface area contributed by atoms with Gasteiger partial charge in [0.1, 0.15) is 5.82 Å². The highest BCUT2D eigenvalue weighted by molar-refractivity contribution is 7.99. The number of benzene rings is 2. The molecule has 2 aromatic carbocycles. The van der Waals surface area contributed by atoms with E-state index in [-0.39, 0.29) is 17.5 Å². The topological polar surface area (TPSA) is 70.7 Å². The molecule has 0 unspecified atom stereocenters. The molecular formula is C16H12ClFN4OS. The number of nitrogens with one attached hydrogen (secondary N) is 2. The van der Waals surface area contributed by atoms with Gasteiger partial charge in [0.25, 0.3) is 0 Å². The molecule has 1 amide bonds. The molecule has 5 nitrogen and oxygen atoms in total. The molecular weight excluding hydrogens is 351 g/mol. The van der Waals surface area contributed by atoms with Crippen LogP contribution >= 0.6 is 23.4 Å². The lowest BCUT2D eigenvalue weighted by atomic mass is 10.2. The molecule has 2 N–H and O–H groups in total. The fourth-order valence-electron chi connectivity index (χ4n) is 1.95. The first-order valence-electron chi connectivity index (χ1n) is 6.97. The quantitative estimate of drug-likeness (QED) is 0.673. The maximum absolute atomic E-state index is 12.8. The molecule has 8 heteroatoms. The first-order chi connectivity index (χ1) is 11.6. The average molecular weight is 363 g/mol. The number of amides is 1. The van der Waals surface area contributed by atoms with E-state index in [9.17, 15) is 9.18 Å². The number of carbonyl (C=O) groups excluding carboxylic acids is 1. The second-order valence-corrected chi connectivity index (χ2v) is 6.14. The van der Waals surface area contributed by atoms with E-state index in [1.165, 1.54) is 36.0 Å². The number of aromatic amines is 1. The van der Waals surface area contributed by atoms with E-state index < -0.39 is 0 Å². The molecule has 0 aliphatic heterocycles. The van der Waals surface area contributed by atoms with E-state index in [2.05, 4.69) is 20.5 Å². The van der Waals surface area contributed by atoms with Crippen LogP contribution in [0.1, 0.15) is 0 Å². The fraction of sp³-hybridized carbons (Fsp3) is 0.0625. The van der Waals surface area contributed by atoms with Crippen molar-refractivity contribution in [1.29, 1.82) is 0 Å². The summed E-state index contributed by atoms with van der Waals surface area (Å²) in [6.45, 7) is 0. The van der Waals surface area contributed by atoms with Gasteiger partial charge in [0.2, 0.25) is 11.1 Å². The van der Waals surface area contributed by atoms with E-state index >= 15 is 0 Å². The molecule has 0 fully saturated rings. The molecule has 0 saturated heterocycles. The van der Waals surface area contributed by atoms with Gasteiger partial charge < -0.3 is 5.32 Å². The fourth-order valence-corrected chi connectivity index (χ4v) is 2.77. The third kappa shape index (κ3) is 4.12. The van der Waals surface area contributed by atoms with Crippen molar-refractivity contribution in [3.63, 3.8) is 0 Å². The second-order valence-electron chi connectivity index (χ2n) is 4.79. The molecule has 0 radical (unpaired) electrons. The summed E-state index contributed by atoms with van der Waals surface area (Å²) in [5, 5.41) is 10.6. The Balaban J connectivity index is 1.58. The smallest absolute Gasteiger partial charge is 0.234 e. The zero-order valence-corrected chi connectivity index (χ0v) is 13.9. The van der Waals surface area contributed by atoms with Crippen LogP contribution < -0.4 is 5.32 Å². The largest absolute Gasteiger partial charge is 0.325 e. The number of hydrogen-bond donors (Lipinski definition) is 2. The molecule has 122 valence electrons. The molecule has 1 heterocycles. The summed E-state index contributed by atoms with van der Waals surface area (Å²) in [4.78, 5) is 16.2. The lowest BCUT2D eigenvalue weighted by Gasteiger charge is -2.03. The lowest BCUT2D eigenvalue weighted by molar-refractivity contribution is -0.113. The van der Waals surface area contributed by atoms with Gasteiger partial charge in [-0.3, -0.25) is 9.89 Å². The van der Waals surface area contributed by atoms with Crippen LogP contribution in [0.25, 0.3) is 11.4 Å². The van der Waals surface area contributed by atoms with Gasteiger partial charge in [-0.15, -0.1) is 5.10 Å². The third-order valence-electron chi connectivity index (χ3n) is 3.05. The van der Waals surface area contributed by atoms with Crippen LogP contribution in [-0.4, -0.2) is 26.8 Å². The lowest BCUT2D eigenvalue weighted by Crippen LogP contribution is -2.14. The molecule has 1 aromatic heterocycles. The number of anilines is 1. The van der Waals surface area contributed by atoms with Crippen LogP contribution in [0.2, 0.25) is 5.02 Å². The first kappa shape index (κ1) is 16.5. The van der Waals surface area contributed by atoms with Gasteiger partial charge >= 0.3 is 0 Å². The molecule has 0 bridgehead atoms. The predicted molar refractivity (Wildman–Crippen MR) is 92.6 cm³/mol. The van der Waals surface area contributed by atoms with Crippen LogP contribution in [0.3, 0.4) is 0 Å². The average Bonchev–Trinajstić information content (AvgIpc) is 3.04.